The summed E-state index contributed by atoms with van der Waals surface area (Å²) in [5.74, 6) is -14.8. The fourth-order valence-electron chi connectivity index (χ4n) is 2.94. The molecule has 0 spiro atoms. The van der Waals surface area contributed by atoms with Crippen LogP contribution in [0.2, 0.25) is 0 Å². The van der Waals surface area contributed by atoms with Crippen molar-refractivity contribution in [3.8, 4) is 0 Å². The van der Waals surface area contributed by atoms with Gasteiger partial charge in [0.25, 0.3) is 0 Å². The molecule has 0 aliphatic heterocycles. The minimum atomic E-state index is -2.31. The minimum absolute atomic E-state index is 0.0249. The van der Waals surface area contributed by atoms with Gasteiger partial charge in [-0.05, 0) is 10.9 Å². The first-order valence-corrected chi connectivity index (χ1v) is 7.73. The first-order chi connectivity index (χ1) is 11.6. The summed E-state index contributed by atoms with van der Waals surface area (Å²) in [5, 5.41) is -4.43. The summed E-state index contributed by atoms with van der Waals surface area (Å²) < 4.78 is 97.7. The zero-order valence-corrected chi connectivity index (χ0v) is 13.6. The fraction of sp³-hybridized carbons (Fsp3) is 0.412. The molecule has 1 unspecified atom stereocenters. The largest absolute Gasteiger partial charge is 0.203 e. The Morgan fingerprint density at radius 2 is 1.12 bits per heavy atom. The highest BCUT2D eigenvalue weighted by Gasteiger charge is 2.37. The van der Waals surface area contributed by atoms with Gasteiger partial charge in [-0.3, -0.25) is 0 Å². The summed E-state index contributed by atoms with van der Waals surface area (Å²) in [6, 6.07) is 0. The van der Waals surface area contributed by atoms with Crippen molar-refractivity contribution < 1.29 is 30.7 Å². The number of fused-ring (bicyclic) bond motifs is 1. The van der Waals surface area contributed by atoms with Crippen molar-refractivity contribution in [2.45, 2.75) is 44.8 Å². The maximum absolute atomic E-state index is 14.4. The Hall–Kier alpha value is -1.73. The van der Waals surface area contributed by atoms with Crippen LogP contribution in [0, 0.1) is 40.7 Å². The molecule has 0 bridgehead atoms. The fourth-order valence-corrected chi connectivity index (χ4v) is 2.94. The SMILES string of the molecule is [B]C(CC)(CCCC)c1c(F)c(F)c(F)c2c(F)c(F)c(F)c(F)c12. The van der Waals surface area contributed by atoms with E-state index in [2.05, 4.69) is 0 Å². The second-order valence-electron chi connectivity index (χ2n) is 5.94. The van der Waals surface area contributed by atoms with Crippen LogP contribution in [-0.4, -0.2) is 7.85 Å². The lowest BCUT2D eigenvalue weighted by molar-refractivity contribution is 0.400. The summed E-state index contributed by atoms with van der Waals surface area (Å²) in [7, 11) is 6.06. The molecular formula is C17H14BF7. The molecule has 0 aliphatic rings. The van der Waals surface area contributed by atoms with Crippen molar-refractivity contribution >= 4 is 18.6 Å². The van der Waals surface area contributed by atoms with Gasteiger partial charge in [-0.15, -0.1) is 0 Å². The van der Waals surface area contributed by atoms with Crippen LogP contribution in [0.1, 0.15) is 45.1 Å². The quantitative estimate of drug-likeness (QED) is 0.274. The second kappa shape index (κ2) is 6.88. The van der Waals surface area contributed by atoms with Crippen molar-refractivity contribution in [3.63, 3.8) is 0 Å². The summed E-state index contributed by atoms with van der Waals surface area (Å²) in [5.41, 5.74) is -0.896. The molecule has 0 amide bonds. The molecule has 2 aromatic carbocycles. The predicted molar refractivity (Wildman–Crippen MR) is 80.9 cm³/mol. The Morgan fingerprint density at radius 3 is 1.56 bits per heavy atom. The van der Waals surface area contributed by atoms with E-state index in [1.807, 2.05) is 0 Å². The lowest BCUT2D eigenvalue weighted by Crippen LogP contribution is -2.29. The van der Waals surface area contributed by atoms with Crippen LogP contribution in [0.15, 0.2) is 0 Å². The van der Waals surface area contributed by atoms with Crippen LogP contribution in [0.25, 0.3) is 10.8 Å². The van der Waals surface area contributed by atoms with E-state index in [1.165, 1.54) is 6.92 Å². The summed E-state index contributed by atoms with van der Waals surface area (Å²) in [4.78, 5) is 0. The highest BCUT2D eigenvalue weighted by atomic mass is 19.2. The summed E-state index contributed by atoms with van der Waals surface area (Å²) >= 11 is 0. The van der Waals surface area contributed by atoms with E-state index in [0.29, 0.717) is 12.8 Å². The van der Waals surface area contributed by atoms with Crippen molar-refractivity contribution in [3.05, 3.63) is 46.3 Å². The standard InChI is InChI=1S/C17H14BF7/c1-3-5-6-17(18,4-2)9-7-8(11(20)14(23)13(9)22)12(21)16(25)15(24)10(7)19/h3-6H2,1-2H3. The number of benzene rings is 2. The average Bonchev–Trinajstić information content (AvgIpc) is 2.60. The van der Waals surface area contributed by atoms with Crippen LogP contribution in [0.4, 0.5) is 30.7 Å². The Labute approximate surface area is 141 Å². The van der Waals surface area contributed by atoms with Gasteiger partial charge in [0, 0.05) is 5.39 Å². The monoisotopic (exact) mass is 362 g/mol. The van der Waals surface area contributed by atoms with Crippen molar-refractivity contribution in [2.24, 2.45) is 0 Å². The molecule has 0 heterocycles. The molecule has 0 fully saturated rings. The molecule has 0 aromatic heterocycles. The van der Waals surface area contributed by atoms with Gasteiger partial charge in [0.2, 0.25) is 0 Å². The average molecular weight is 362 g/mol. The Bertz CT molecular complexity index is 826. The van der Waals surface area contributed by atoms with Crippen molar-refractivity contribution in [1.82, 2.24) is 0 Å². The molecule has 1 atom stereocenters. The molecule has 134 valence electrons. The first-order valence-electron chi connectivity index (χ1n) is 7.73. The summed E-state index contributed by atoms with van der Waals surface area (Å²) in [6.07, 6.45) is 0.987. The molecule has 8 heteroatoms. The molecule has 0 saturated carbocycles. The molecule has 25 heavy (non-hydrogen) atoms. The molecule has 2 radical (unpaired) electrons. The highest BCUT2D eigenvalue weighted by Crippen LogP contribution is 2.42. The third-order valence-corrected chi connectivity index (χ3v) is 4.45. The lowest BCUT2D eigenvalue weighted by Gasteiger charge is -2.32. The number of unbranched alkanes of at least 4 members (excludes halogenated alkanes) is 1. The zero-order chi connectivity index (χ0) is 19.1. The zero-order valence-electron chi connectivity index (χ0n) is 13.6. The van der Waals surface area contributed by atoms with E-state index in [1.54, 1.807) is 6.92 Å². The van der Waals surface area contributed by atoms with Gasteiger partial charge in [0.15, 0.2) is 40.7 Å². The van der Waals surface area contributed by atoms with Gasteiger partial charge >= 0.3 is 0 Å². The Morgan fingerprint density at radius 1 is 0.680 bits per heavy atom. The molecule has 0 N–H and O–H groups in total. The number of hydrogen-bond acceptors (Lipinski definition) is 0. The predicted octanol–water partition coefficient (Wildman–Crippen LogP) is 5.78. The van der Waals surface area contributed by atoms with E-state index in [0.717, 1.165) is 0 Å². The normalized spacial score (nSPS) is 14.1. The number of rotatable bonds is 5. The van der Waals surface area contributed by atoms with Gasteiger partial charge in [0.1, 0.15) is 0 Å². The van der Waals surface area contributed by atoms with Crippen LogP contribution >= 0.6 is 0 Å². The Kier molecular flexibility index (Phi) is 5.39. The third kappa shape index (κ3) is 2.89. The topological polar surface area (TPSA) is 0 Å². The first kappa shape index (κ1) is 19.6. The molecule has 2 aromatic rings. The molecule has 0 nitrogen and oxygen atoms in total. The number of halogens is 7. The van der Waals surface area contributed by atoms with Gasteiger partial charge < -0.3 is 0 Å². The van der Waals surface area contributed by atoms with E-state index in [4.69, 9.17) is 7.85 Å². The number of hydrogen-bond donors (Lipinski definition) is 0. The molecular weight excluding hydrogens is 348 g/mol. The van der Waals surface area contributed by atoms with Gasteiger partial charge in [-0.25, -0.2) is 30.7 Å². The van der Waals surface area contributed by atoms with Gasteiger partial charge in [0.05, 0.1) is 13.2 Å². The van der Waals surface area contributed by atoms with E-state index in [9.17, 15) is 30.7 Å². The highest BCUT2D eigenvalue weighted by molar-refractivity contribution is 6.17. The van der Waals surface area contributed by atoms with Crippen LogP contribution in [0.5, 0.6) is 0 Å². The minimum Gasteiger partial charge on any atom is -0.203 e. The lowest BCUT2D eigenvalue weighted by atomic mass is 9.58. The van der Waals surface area contributed by atoms with E-state index < -0.39 is 62.4 Å². The third-order valence-electron chi connectivity index (χ3n) is 4.45. The smallest absolute Gasteiger partial charge is 0.198 e. The Balaban J connectivity index is 3.08. The van der Waals surface area contributed by atoms with Crippen LogP contribution in [0.3, 0.4) is 0 Å². The maximum atomic E-state index is 14.4. The maximum Gasteiger partial charge on any atom is 0.198 e. The van der Waals surface area contributed by atoms with E-state index in [-0.39, 0.29) is 12.8 Å². The van der Waals surface area contributed by atoms with Crippen LogP contribution < -0.4 is 0 Å². The van der Waals surface area contributed by atoms with Crippen molar-refractivity contribution in [1.29, 1.82) is 0 Å². The molecule has 0 aliphatic carbocycles. The second-order valence-corrected chi connectivity index (χ2v) is 5.94. The van der Waals surface area contributed by atoms with Crippen molar-refractivity contribution in [2.75, 3.05) is 0 Å². The van der Waals surface area contributed by atoms with Gasteiger partial charge in [-0.1, -0.05) is 39.5 Å². The summed E-state index contributed by atoms with van der Waals surface area (Å²) in [6.45, 7) is 3.27. The van der Waals surface area contributed by atoms with Gasteiger partial charge in [-0.2, -0.15) is 0 Å². The molecule has 2 rings (SSSR count). The molecule has 0 saturated heterocycles. The van der Waals surface area contributed by atoms with Crippen LogP contribution in [-0.2, 0) is 5.31 Å². The van der Waals surface area contributed by atoms with E-state index >= 15 is 0 Å².